The van der Waals surface area contributed by atoms with Crippen LogP contribution < -0.4 is 5.32 Å². The number of hydrogen-bond donors (Lipinski definition) is 3. The lowest BCUT2D eigenvalue weighted by Crippen LogP contribution is -2.45. The second-order valence-corrected chi connectivity index (χ2v) is 22.1. The number of quaternary nitrogens is 1. The van der Waals surface area contributed by atoms with Gasteiger partial charge in [-0.2, -0.15) is 0 Å². The zero-order valence-corrected chi connectivity index (χ0v) is 47.6. The monoisotopic (exact) mass is 1010 g/mol. The number of unbranched alkanes of at least 4 members (excludes halogenated alkanes) is 25. The molecule has 0 aromatic heterocycles. The SMILES string of the molecule is CC/C=C\C/C=C\C/C=C\C/C=C\C/C=C\CCCCCCCCCCCCCCCCCC(=O)NC(COP(=O)(O)OCC[N+](C)(C)C)C(O)/C=C/CC/C=C/CC/C=C/CCCCCCCCCC. The molecule has 8 nitrogen and oxygen atoms in total. The average molecular weight is 1010 g/mol. The minimum absolute atomic E-state index is 0.0501. The van der Waals surface area contributed by atoms with Gasteiger partial charge in [0.15, 0.2) is 0 Å². The Labute approximate surface area is 439 Å². The van der Waals surface area contributed by atoms with Gasteiger partial charge in [-0.25, -0.2) is 4.57 Å². The number of phosphoric acid groups is 1. The highest BCUT2D eigenvalue weighted by Gasteiger charge is 2.27. The fourth-order valence-corrected chi connectivity index (χ4v) is 8.72. The van der Waals surface area contributed by atoms with Crippen molar-refractivity contribution in [3.05, 3.63) is 97.2 Å². The molecule has 0 saturated carbocycles. The van der Waals surface area contributed by atoms with Gasteiger partial charge in [0.05, 0.1) is 39.9 Å². The van der Waals surface area contributed by atoms with Crippen molar-refractivity contribution in [2.75, 3.05) is 40.9 Å². The van der Waals surface area contributed by atoms with Crippen molar-refractivity contribution in [3.63, 3.8) is 0 Å². The molecule has 0 aliphatic heterocycles. The lowest BCUT2D eigenvalue weighted by molar-refractivity contribution is -0.870. The summed E-state index contributed by atoms with van der Waals surface area (Å²) in [5.74, 6) is -0.194. The molecular weight excluding hydrogens is 900 g/mol. The summed E-state index contributed by atoms with van der Waals surface area (Å²) in [6, 6.07) is -0.875. The Bertz CT molecular complexity index is 1470. The van der Waals surface area contributed by atoms with Crippen LogP contribution in [-0.2, 0) is 18.4 Å². The third-order valence-electron chi connectivity index (χ3n) is 12.5. The standard InChI is InChI=1S/C62H111N2O6P/c1-6-8-10-12-14-16-18-20-22-24-26-27-28-29-30-31-32-33-34-35-36-37-38-40-42-44-46-48-50-52-54-56-62(66)63-60(59-70-71(67,68)69-58-57-64(3,4)5)61(65)55-53-51-49-47-45-43-41-39-25-23-21-19-17-15-13-11-9-7-2/h8,10,14,16,20,22,25-27,29-30,39,45,47,53,55,60-61,65H,6-7,9,11-13,15,17-19,21,23-24,28,31-38,40-44,46,48-52,54,56-59H2,1-5H3,(H-,63,66,67,68)/p+1/b10-8-,16-14-,22-20-,27-26-,30-29-,39-25+,47-45+,55-53+. The fraction of sp³-hybridized carbons (Fsp3) is 0.726. The molecule has 0 aliphatic rings. The maximum absolute atomic E-state index is 13.0. The van der Waals surface area contributed by atoms with Crippen LogP contribution in [-0.4, -0.2) is 73.4 Å². The Morgan fingerprint density at radius 3 is 1.30 bits per heavy atom. The predicted octanol–water partition coefficient (Wildman–Crippen LogP) is 17.8. The summed E-state index contributed by atoms with van der Waals surface area (Å²) >= 11 is 0. The van der Waals surface area contributed by atoms with Crippen molar-refractivity contribution in [1.82, 2.24) is 5.32 Å². The highest BCUT2D eigenvalue weighted by atomic mass is 31.2. The van der Waals surface area contributed by atoms with Crippen LogP contribution in [0.15, 0.2) is 97.2 Å². The van der Waals surface area contributed by atoms with E-state index in [4.69, 9.17) is 9.05 Å². The number of hydrogen-bond acceptors (Lipinski definition) is 5. The minimum atomic E-state index is -4.36. The van der Waals surface area contributed by atoms with E-state index in [1.54, 1.807) is 6.08 Å². The van der Waals surface area contributed by atoms with Crippen molar-refractivity contribution in [1.29, 1.82) is 0 Å². The van der Waals surface area contributed by atoms with Crippen molar-refractivity contribution >= 4 is 13.7 Å². The van der Waals surface area contributed by atoms with Crippen molar-refractivity contribution < 1.29 is 32.9 Å². The molecule has 0 aromatic rings. The lowest BCUT2D eigenvalue weighted by Gasteiger charge is -2.25. The van der Waals surface area contributed by atoms with Gasteiger partial charge in [0.25, 0.3) is 0 Å². The van der Waals surface area contributed by atoms with E-state index in [-0.39, 0.29) is 19.1 Å². The summed E-state index contributed by atoms with van der Waals surface area (Å²) < 4.78 is 23.7. The summed E-state index contributed by atoms with van der Waals surface area (Å²) in [7, 11) is 1.54. The Kier molecular flexibility index (Phi) is 50.4. The van der Waals surface area contributed by atoms with Gasteiger partial charge in [0.2, 0.25) is 5.91 Å². The van der Waals surface area contributed by atoms with Crippen LogP contribution in [0.2, 0.25) is 0 Å². The van der Waals surface area contributed by atoms with E-state index >= 15 is 0 Å². The van der Waals surface area contributed by atoms with Crippen molar-refractivity contribution in [3.8, 4) is 0 Å². The Hall–Kier alpha value is -2.58. The Morgan fingerprint density at radius 1 is 0.493 bits per heavy atom. The van der Waals surface area contributed by atoms with Crippen LogP contribution in [0.3, 0.4) is 0 Å². The molecule has 0 aliphatic carbocycles. The minimum Gasteiger partial charge on any atom is -0.387 e. The molecule has 3 unspecified atom stereocenters. The number of nitrogens with zero attached hydrogens (tertiary/aromatic N) is 1. The van der Waals surface area contributed by atoms with E-state index in [0.717, 1.165) is 77.0 Å². The molecule has 0 spiro atoms. The average Bonchev–Trinajstić information content (AvgIpc) is 3.33. The topological polar surface area (TPSA) is 105 Å². The van der Waals surface area contributed by atoms with Gasteiger partial charge >= 0.3 is 7.82 Å². The van der Waals surface area contributed by atoms with E-state index in [9.17, 15) is 19.4 Å². The van der Waals surface area contributed by atoms with Crippen molar-refractivity contribution in [2.45, 2.75) is 251 Å². The largest absolute Gasteiger partial charge is 0.472 e. The first-order chi connectivity index (χ1) is 34.5. The Morgan fingerprint density at radius 2 is 0.859 bits per heavy atom. The van der Waals surface area contributed by atoms with E-state index in [0.29, 0.717) is 17.4 Å². The number of carbonyl (C=O) groups excluding carboxylic acids is 1. The van der Waals surface area contributed by atoms with Gasteiger partial charge < -0.3 is 19.8 Å². The van der Waals surface area contributed by atoms with E-state index < -0.39 is 20.0 Å². The number of nitrogens with one attached hydrogen (secondary N) is 1. The number of aliphatic hydroxyl groups excluding tert-OH is 1. The first-order valence-corrected chi connectivity index (χ1v) is 30.6. The molecule has 0 fully saturated rings. The first kappa shape index (κ1) is 68.4. The van der Waals surface area contributed by atoms with Crippen LogP contribution in [0.1, 0.15) is 239 Å². The van der Waals surface area contributed by atoms with Crippen LogP contribution in [0.4, 0.5) is 0 Å². The van der Waals surface area contributed by atoms with Gasteiger partial charge in [-0.05, 0) is 89.9 Å². The second-order valence-electron chi connectivity index (χ2n) is 20.6. The van der Waals surface area contributed by atoms with E-state index in [2.05, 4.69) is 104 Å². The molecule has 0 aromatic carbocycles. The van der Waals surface area contributed by atoms with Crippen LogP contribution in [0, 0.1) is 0 Å². The molecule has 0 radical (unpaired) electrons. The summed E-state index contributed by atoms with van der Waals surface area (Å²) in [5, 5.41) is 13.9. The maximum Gasteiger partial charge on any atom is 0.472 e. The van der Waals surface area contributed by atoms with Gasteiger partial charge in [-0.3, -0.25) is 13.8 Å². The summed E-state index contributed by atoms with van der Waals surface area (Å²) in [6.07, 6.45) is 75.1. The zero-order valence-electron chi connectivity index (χ0n) is 46.7. The van der Waals surface area contributed by atoms with E-state index in [1.165, 1.54) is 141 Å². The molecule has 9 heteroatoms. The van der Waals surface area contributed by atoms with Crippen LogP contribution in [0.5, 0.6) is 0 Å². The number of likely N-dealkylation sites (N-methyl/N-ethyl adjacent to an activating group) is 1. The van der Waals surface area contributed by atoms with Gasteiger partial charge in [-0.1, -0.05) is 239 Å². The summed E-state index contributed by atoms with van der Waals surface area (Å²) in [6.45, 7) is 4.67. The summed E-state index contributed by atoms with van der Waals surface area (Å²) in [4.78, 5) is 23.3. The molecule has 0 bridgehead atoms. The Balaban J connectivity index is 4.20. The molecule has 1 amide bonds. The third kappa shape index (κ3) is 55.0. The second kappa shape index (κ2) is 52.3. The lowest BCUT2D eigenvalue weighted by atomic mass is 10.0. The molecule has 0 rings (SSSR count). The van der Waals surface area contributed by atoms with Crippen LogP contribution in [0.25, 0.3) is 0 Å². The third-order valence-corrected chi connectivity index (χ3v) is 13.5. The zero-order chi connectivity index (χ0) is 52.0. The maximum atomic E-state index is 13.0. The molecule has 3 N–H and O–H groups in total. The molecule has 410 valence electrons. The van der Waals surface area contributed by atoms with E-state index in [1.807, 2.05) is 27.2 Å². The molecule has 0 heterocycles. The highest BCUT2D eigenvalue weighted by molar-refractivity contribution is 7.47. The number of rotatable bonds is 52. The van der Waals surface area contributed by atoms with Gasteiger partial charge in [-0.15, -0.1) is 0 Å². The number of carbonyl (C=O) groups is 1. The summed E-state index contributed by atoms with van der Waals surface area (Å²) in [5.41, 5.74) is 0. The number of phosphoric ester groups is 1. The number of amides is 1. The molecular formula is C62H112N2O6P+. The van der Waals surface area contributed by atoms with Crippen LogP contribution >= 0.6 is 7.82 Å². The fourth-order valence-electron chi connectivity index (χ4n) is 7.98. The smallest absolute Gasteiger partial charge is 0.387 e. The normalized spacial score (nSPS) is 14.6. The predicted molar refractivity (Wildman–Crippen MR) is 309 cm³/mol. The quantitative estimate of drug-likeness (QED) is 0.0243. The first-order valence-electron chi connectivity index (χ1n) is 29.1. The molecule has 71 heavy (non-hydrogen) atoms. The van der Waals surface area contributed by atoms with Gasteiger partial charge in [0, 0.05) is 6.42 Å². The van der Waals surface area contributed by atoms with Gasteiger partial charge in [0.1, 0.15) is 13.2 Å². The molecule has 0 saturated heterocycles. The highest BCUT2D eigenvalue weighted by Crippen LogP contribution is 2.43. The van der Waals surface area contributed by atoms with Crippen molar-refractivity contribution in [2.24, 2.45) is 0 Å². The molecule has 3 atom stereocenters. The number of aliphatic hydroxyl groups is 1. The number of allylic oxidation sites excluding steroid dienone is 15.